The largest absolute Gasteiger partial charge is 0.289 e. The van der Waals surface area contributed by atoms with Crippen molar-refractivity contribution in [1.82, 2.24) is 4.90 Å². The average molecular weight is 301 g/mol. The SMILES string of the molecule is CCN(C)C(c1ccccc1)(c1ccccc1)c1ccccc1. The lowest BCUT2D eigenvalue weighted by Gasteiger charge is -2.43. The van der Waals surface area contributed by atoms with Gasteiger partial charge in [-0.3, -0.25) is 4.90 Å². The molecule has 0 aromatic heterocycles. The molecule has 23 heavy (non-hydrogen) atoms. The normalized spacial score (nSPS) is 11.6. The van der Waals surface area contributed by atoms with Crippen molar-refractivity contribution in [2.45, 2.75) is 12.5 Å². The Morgan fingerprint density at radius 1 is 0.609 bits per heavy atom. The number of hydrogen-bond donors (Lipinski definition) is 0. The second-order valence-electron chi connectivity index (χ2n) is 5.82. The Morgan fingerprint density at radius 2 is 0.913 bits per heavy atom. The van der Waals surface area contributed by atoms with Gasteiger partial charge < -0.3 is 0 Å². The lowest BCUT2D eigenvalue weighted by molar-refractivity contribution is 0.210. The van der Waals surface area contributed by atoms with Crippen LogP contribution in [0.5, 0.6) is 0 Å². The van der Waals surface area contributed by atoms with E-state index in [0.717, 1.165) is 6.54 Å². The Labute approximate surface area is 139 Å². The van der Waals surface area contributed by atoms with E-state index in [2.05, 4.69) is 110 Å². The van der Waals surface area contributed by atoms with E-state index in [1.807, 2.05) is 0 Å². The fourth-order valence-electron chi connectivity index (χ4n) is 3.44. The van der Waals surface area contributed by atoms with Gasteiger partial charge in [-0.15, -0.1) is 0 Å². The van der Waals surface area contributed by atoms with Crippen molar-refractivity contribution in [3.05, 3.63) is 108 Å². The van der Waals surface area contributed by atoms with Gasteiger partial charge in [-0.1, -0.05) is 97.9 Å². The van der Waals surface area contributed by atoms with E-state index < -0.39 is 0 Å². The molecule has 0 amide bonds. The fourth-order valence-corrected chi connectivity index (χ4v) is 3.44. The smallest absolute Gasteiger partial charge is 0.0970 e. The van der Waals surface area contributed by atoms with E-state index in [4.69, 9.17) is 0 Å². The molecule has 0 saturated heterocycles. The summed E-state index contributed by atoms with van der Waals surface area (Å²) in [6.45, 7) is 3.17. The monoisotopic (exact) mass is 301 g/mol. The van der Waals surface area contributed by atoms with Crippen molar-refractivity contribution < 1.29 is 0 Å². The molecule has 0 saturated carbocycles. The molecule has 0 aliphatic carbocycles. The molecule has 0 radical (unpaired) electrons. The first-order valence-corrected chi connectivity index (χ1v) is 8.18. The number of hydrogen-bond acceptors (Lipinski definition) is 1. The van der Waals surface area contributed by atoms with Gasteiger partial charge in [0.25, 0.3) is 0 Å². The topological polar surface area (TPSA) is 3.24 Å². The highest BCUT2D eigenvalue weighted by atomic mass is 15.2. The third-order valence-corrected chi connectivity index (χ3v) is 4.62. The Bertz CT molecular complexity index is 623. The average Bonchev–Trinajstić information content (AvgIpc) is 2.65. The molecule has 1 nitrogen and oxygen atoms in total. The molecule has 3 aromatic rings. The second-order valence-corrected chi connectivity index (χ2v) is 5.82. The summed E-state index contributed by atoms with van der Waals surface area (Å²) in [7, 11) is 2.20. The van der Waals surface area contributed by atoms with Crippen LogP contribution in [0.15, 0.2) is 91.0 Å². The van der Waals surface area contributed by atoms with Crippen molar-refractivity contribution in [3.8, 4) is 0 Å². The molecule has 3 rings (SSSR count). The highest BCUT2D eigenvalue weighted by molar-refractivity contribution is 5.49. The summed E-state index contributed by atoms with van der Waals surface area (Å²) in [6.07, 6.45) is 0. The maximum absolute atomic E-state index is 2.42. The third kappa shape index (κ3) is 2.69. The van der Waals surface area contributed by atoms with Crippen molar-refractivity contribution in [2.24, 2.45) is 0 Å². The zero-order valence-electron chi connectivity index (χ0n) is 13.8. The standard InChI is InChI=1S/C22H23N/c1-3-23(2)22(19-13-7-4-8-14-19,20-15-9-5-10-16-20)21-17-11-6-12-18-21/h4-18H,3H2,1-2H3. The van der Waals surface area contributed by atoms with Crippen LogP contribution in [0.4, 0.5) is 0 Å². The van der Waals surface area contributed by atoms with E-state index >= 15 is 0 Å². The predicted octanol–water partition coefficient (Wildman–Crippen LogP) is 4.93. The molecule has 0 spiro atoms. The molecule has 0 unspecified atom stereocenters. The van der Waals surface area contributed by atoms with Gasteiger partial charge in [0.15, 0.2) is 0 Å². The maximum Gasteiger partial charge on any atom is 0.0970 e. The van der Waals surface area contributed by atoms with Crippen LogP contribution in [0, 0.1) is 0 Å². The van der Waals surface area contributed by atoms with Crippen LogP contribution in [-0.2, 0) is 5.54 Å². The van der Waals surface area contributed by atoms with Crippen LogP contribution in [0.2, 0.25) is 0 Å². The van der Waals surface area contributed by atoms with Crippen molar-refractivity contribution >= 4 is 0 Å². The number of benzene rings is 3. The van der Waals surface area contributed by atoms with Gasteiger partial charge in [0.2, 0.25) is 0 Å². The molecule has 3 aromatic carbocycles. The van der Waals surface area contributed by atoms with Crippen molar-refractivity contribution in [1.29, 1.82) is 0 Å². The highest BCUT2D eigenvalue weighted by Gasteiger charge is 2.39. The Morgan fingerprint density at radius 3 is 1.17 bits per heavy atom. The molecule has 0 heterocycles. The van der Waals surface area contributed by atoms with Crippen LogP contribution in [0.1, 0.15) is 23.6 Å². The van der Waals surface area contributed by atoms with Gasteiger partial charge in [0, 0.05) is 0 Å². The molecule has 0 atom stereocenters. The fraction of sp³-hybridized carbons (Fsp3) is 0.182. The summed E-state index contributed by atoms with van der Waals surface area (Å²) in [6, 6.07) is 32.4. The first-order valence-electron chi connectivity index (χ1n) is 8.18. The first-order chi connectivity index (χ1) is 11.3. The van der Waals surface area contributed by atoms with E-state index in [1.54, 1.807) is 0 Å². The van der Waals surface area contributed by atoms with Crippen LogP contribution in [0.25, 0.3) is 0 Å². The van der Waals surface area contributed by atoms with Gasteiger partial charge in [0.1, 0.15) is 0 Å². The molecular formula is C22H23N. The van der Waals surface area contributed by atoms with Gasteiger partial charge in [-0.05, 0) is 30.3 Å². The summed E-state index contributed by atoms with van der Waals surface area (Å²) in [5.41, 5.74) is 3.60. The number of nitrogens with zero attached hydrogens (tertiary/aromatic N) is 1. The lowest BCUT2D eigenvalue weighted by atomic mass is 9.76. The molecule has 116 valence electrons. The minimum atomic E-state index is -0.279. The van der Waals surface area contributed by atoms with Crippen LogP contribution in [0.3, 0.4) is 0 Å². The Balaban J connectivity index is 2.35. The van der Waals surface area contributed by atoms with E-state index in [1.165, 1.54) is 16.7 Å². The molecule has 0 bridgehead atoms. The van der Waals surface area contributed by atoms with Gasteiger partial charge in [-0.25, -0.2) is 0 Å². The molecule has 0 N–H and O–H groups in total. The first kappa shape index (κ1) is 15.5. The van der Waals surface area contributed by atoms with Gasteiger partial charge in [0.05, 0.1) is 5.54 Å². The Hall–Kier alpha value is -2.38. The minimum absolute atomic E-state index is 0.279. The van der Waals surface area contributed by atoms with Gasteiger partial charge >= 0.3 is 0 Å². The van der Waals surface area contributed by atoms with Crippen molar-refractivity contribution in [2.75, 3.05) is 13.6 Å². The molecular weight excluding hydrogens is 278 g/mol. The summed E-state index contributed by atoms with van der Waals surface area (Å²) in [5.74, 6) is 0. The van der Waals surface area contributed by atoms with E-state index in [9.17, 15) is 0 Å². The molecule has 0 aliphatic rings. The van der Waals surface area contributed by atoms with Crippen LogP contribution < -0.4 is 0 Å². The van der Waals surface area contributed by atoms with E-state index in [0.29, 0.717) is 0 Å². The molecule has 0 fully saturated rings. The summed E-state index contributed by atoms with van der Waals surface area (Å²) in [4.78, 5) is 2.42. The lowest BCUT2D eigenvalue weighted by Crippen LogP contribution is -2.45. The predicted molar refractivity (Wildman–Crippen MR) is 97.5 cm³/mol. The van der Waals surface area contributed by atoms with E-state index in [-0.39, 0.29) is 5.54 Å². The maximum atomic E-state index is 2.42. The summed E-state index contributed by atoms with van der Waals surface area (Å²) < 4.78 is 0. The number of rotatable bonds is 5. The van der Waals surface area contributed by atoms with Crippen molar-refractivity contribution in [3.63, 3.8) is 0 Å². The zero-order chi connectivity index (χ0) is 16.1. The molecule has 1 heteroatoms. The minimum Gasteiger partial charge on any atom is -0.289 e. The van der Waals surface area contributed by atoms with Gasteiger partial charge in [-0.2, -0.15) is 0 Å². The Kier molecular flexibility index (Phi) is 4.59. The summed E-state index contributed by atoms with van der Waals surface area (Å²) >= 11 is 0. The quantitative estimate of drug-likeness (QED) is 0.604. The summed E-state index contributed by atoms with van der Waals surface area (Å²) in [5, 5.41) is 0. The zero-order valence-corrected chi connectivity index (χ0v) is 13.8. The highest BCUT2D eigenvalue weighted by Crippen LogP contribution is 2.41. The third-order valence-electron chi connectivity index (χ3n) is 4.62. The second kappa shape index (κ2) is 6.80. The molecule has 0 aliphatic heterocycles. The van der Waals surface area contributed by atoms with Crippen LogP contribution >= 0.6 is 0 Å². The van der Waals surface area contributed by atoms with Crippen LogP contribution in [-0.4, -0.2) is 18.5 Å².